The van der Waals surface area contributed by atoms with Crippen LogP contribution in [-0.2, 0) is 4.79 Å². The van der Waals surface area contributed by atoms with Gasteiger partial charge in [0.25, 0.3) is 0 Å². The quantitative estimate of drug-likeness (QED) is 0.475. The largest absolute Gasteiger partial charge is 0.389 e. The molecule has 0 radical (unpaired) electrons. The zero-order valence-electron chi connectivity index (χ0n) is 21.0. The first-order valence-electron chi connectivity index (χ1n) is 13.1. The van der Waals surface area contributed by atoms with Crippen LogP contribution in [0.3, 0.4) is 0 Å². The van der Waals surface area contributed by atoms with Crippen molar-refractivity contribution in [3.63, 3.8) is 0 Å². The normalized spacial score (nSPS) is 42.3. The number of aliphatic hydroxyl groups is 1. The number of carbonyl (C=O) groups is 1. The summed E-state index contributed by atoms with van der Waals surface area (Å²) in [6, 6.07) is 0. The molecular weight excluding hydrogens is 380 g/mol. The van der Waals surface area contributed by atoms with Crippen LogP contribution < -0.4 is 0 Å². The van der Waals surface area contributed by atoms with Gasteiger partial charge in [-0.05, 0) is 96.0 Å². The van der Waals surface area contributed by atoms with E-state index in [0.29, 0.717) is 30.0 Å². The fourth-order valence-corrected chi connectivity index (χ4v) is 8.27. The molecule has 1 N–H and O–H groups in total. The van der Waals surface area contributed by atoms with Crippen LogP contribution >= 0.6 is 0 Å². The summed E-state index contributed by atoms with van der Waals surface area (Å²) < 4.78 is 0. The van der Waals surface area contributed by atoms with E-state index >= 15 is 0 Å². The molecule has 0 saturated heterocycles. The van der Waals surface area contributed by atoms with Gasteiger partial charge in [0, 0.05) is 6.42 Å². The van der Waals surface area contributed by atoms with Crippen LogP contribution in [0.2, 0.25) is 0 Å². The molecule has 2 heteroatoms. The number of ketones is 1. The summed E-state index contributed by atoms with van der Waals surface area (Å²) in [5.41, 5.74) is 4.06. The SMILES string of the molecule is C=C1C(O)CCC2(C)C1CC1=C3C2CCC3(C)C(C(C)CCC(C)C(C)C)CCC1=O. The predicted molar refractivity (Wildman–Crippen MR) is 129 cm³/mol. The fourth-order valence-electron chi connectivity index (χ4n) is 8.27. The van der Waals surface area contributed by atoms with Crippen LogP contribution in [0.5, 0.6) is 0 Å². The van der Waals surface area contributed by atoms with Crippen molar-refractivity contribution in [3.05, 3.63) is 23.3 Å². The van der Waals surface area contributed by atoms with Crippen molar-refractivity contribution in [2.45, 2.75) is 105 Å². The molecule has 4 aliphatic rings. The standard InChI is InChI=1S/C29H46O2/c1-17(2)18(3)8-9-19(4)22-10-11-26(31)21-16-24-20(5)25(30)13-15-28(24,6)23-12-14-29(22,7)27(21)23/h17-19,22-25,30H,5,8-16H2,1-4,6-7H3. The maximum absolute atomic E-state index is 13.5. The van der Waals surface area contributed by atoms with Crippen molar-refractivity contribution in [1.82, 2.24) is 0 Å². The van der Waals surface area contributed by atoms with Crippen LogP contribution in [0.1, 0.15) is 99.3 Å². The first-order valence-corrected chi connectivity index (χ1v) is 13.1. The highest BCUT2D eigenvalue weighted by Crippen LogP contribution is 2.68. The molecule has 0 aromatic heterocycles. The highest BCUT2D eigenvalue weighted by molar-refractivity contribution is 5.97. The highest BCUT2D eigenvalue weighted by atomic mass is 16.3. The second-order valence-corrected chi connectivity index (χ2v) is 12.6. The minimum atomic E-state index is -0.385. The summed E-state index contributed by atoms with van der Waals surface area (Å²) in [4.78, 5) is 13.5. The van der Waals surface area contributed by atoms with Crippen molar-refractivity contribution in [2.75, 3.05) is 0 Å². The minimum Gasteiger partial charge on any atom is -0.389 e. The Bertz CT molecular complexity index is 776. The van der Waals surface area contributed by atoms with Crippen molar-refractivity contribution >= 4 is 5.78 Å². The first kappa shape index (κ1) is 23.3. The Kier molecular flexibility index (Phi) is 6.12. The van der Waals surface area contributed by atoms with Gasteiger partial charge in [-0.1, -0.05) is 66.5 Å². The molecule has 2 nitrogen and oxygen atoms in total. The van der Waals surface area contributed by atoms with Crippen molar-refractivity contribution in [1.29, 1.82) is 0 Å². The summed E-state index contributed by atoms with van der Waals surface area (Å²) >= 11 is 0. The third-order valence-electron chi connectivity index (χ3n) is 10.8. The van der Waals surface area contributed by atoms with E-state index in [1.165, 1.54) is 25.7 Å². The van der Waals surface area contributed by atoms with Crippen LogP contribution in [0, 0.1) is 46.3 Å². The summed E-state index contributed by atoms with van der Waals surface area (Å²) in [5.74, 6) is 3.97. The highest BCUT2D eigenvalue weighted by Gasteiger charge is 2.60. The number of carbonyl (C=O) groups excluding carboxylic acids is 1. The molecule has 0 aromatic rings. The van der Waals surface area contributed by atoms with Crippen molar-refractivity contribution in [3.8, 4) is 0 Å². The van der Waals surface area contributed by atoms with Crippen LogP contribution in [0.15, 0.2) is 23.3 Å². The van der Waals surface area contributed by atoms with E-state index in [0.717, 1.165) is 48.7 Å². The predicted octanol–water partition coefficient (Wildman–Crippen LogP) is 7.12. The smallest absolute Gasteiger partial charge is 0.158 e. The zero-order chi connectivity index (χ0) is 22.7. The molecular formula is C29H46O2. The second-order valence-electron chi connectivity index (χ2n) is 12.6. The Morgan fingerprint density at radius 2 is 1.74 bits per heavy atom. The van der Waals surface area contributed by atoms with Crippen molar-refractivity contribution < 1.29 is 9.90 Å². The molecule has 2 saturated carbocycles. The number of rotatable bonds is 5. The number of aliphatic hydroxyl groups excluding tert-OH is 1. The van der Waals surface area contributed by atoms with E-state index in [2.05, 4.69) is 48.1 Å². The van der Waals surface area contributed by atoms with Crippen molar-refractivity contribution in [2.24, 2.45) is 46.3 Å². The van der Waals surface area contributed by atoms with Gasteiger partial charge >= 0.3 is 0 Å². The Labute approximate surface area is 191 Å². The van der Waals surface area contributed by atoms with Gasteiger partial charge in [0.15, 0.2) is 5.78 Å². The van der Waals surface area contributed by atoms with Crippen LogP contribution in [-0.4, -0.2) is 17.0 Å². The molecule has 0 aromatic carbocycles. The maximum atomic E-state index is 13.5. The monoisotopic (exact) mass is 426 g/mol. The Morgan fingerprint density at radius 3 is 2.42 bits per heavy atom. The van der Waals surface area contributed by atoms with Gasteiger partial charge in [0.1, 0.15) is 0 Å². The molecule has 0 heterocycles. The van der Waals surface area contributed by atoms with E-state index < -0.39 is 0 Å². The average molecular weight is 427 g/mol. The second kappa shape index (κ2) is 8.15. The third-order valence-corrected chi connectivity index (χ3v) is 10.8. The summed E-state index contributed by atoms with van der Waals surface area (Å²) in [7, 11) is 0. The average Bonchev–Trinajstić information content (AvgIpc) is 3.03. The van der Waals surface area contributed by atoms with E-state index in [9.17, 15) is 9.90 Å². The summed E-state index contributed by atoms with van der Waals surface area (Å²) in [5, 5.41) is 10.5. The van der Waals surface area contributed by atoms with Gasteiger partial charge in [-0.15, -0.1) is 0 Å². The van der Waals surface area contributed by atoms with E-state index in [-0.39, 0.29) is 22.9 Å². The lowest BCUT2D eigenvalue weighted by atomic mass is 9.51. The lowest BCUT2D eigenvalue weighted by Gasteiger charge is -2.54. The Morgan fingerprint density at radius 1 is 1.03 bits per heavy atom. The zero-order valence-corrected chi connectivity index (χ0v) is 21.0. The lowest BCUT2D eigenvalue weighted by molar-refractivity contribution is -0.116. The van der Waals surface area contributed by atoms with Gasteiger partial charge in [0.05, 0.1) is 6.10 Å². The molecule has 31 heavy (non-hydrogen) atoms. The molecule has 4 aliphatic carbocycles. The summed E-state index contributed by atoms with van der Waals surface area (Å²) in [6.07, 6.45) is 9.14. The molecule has 8 unspecified atom stereocenters. The molecule has 8 atom stereocenters. The number of hydrogen-bond donors (Lipinski definition) is 1. The van der Waals surface area contributed by atoms with Gasteiger partial charge in [-0.25, -0.2) is 0 Å². The molecule has 174 valence electrons. The van der Waals surface area contributed by atoms with E-state index in [1.807, 2.05) is 0 Å². The maximum Gasteiger partial charge on any atom is 0.158 e. The first-order chi connectivity index (χ1) is 14.5. The van der Waals surface area contributed by atoms with Gasteiger partial charge in [-0.2, -0.15) is 0 Å². The molecule has 0 spiro atoms. The molecule has 4 rings (SSSR count). The third kappa shape index (κ3) is 3.60. The van der Waals surface area contributed by atoms with Crippen LogP contribution in [0.25, 0.3) is 0 Å². The number of fused-ring (bicyclic) bond motifs is 2. The summed E-state index contributed by atoms with van der Waals surface area (Å²) in [6.45, 7) is 18.8. The topological polar surface area (TPSA) is 37.3 Å². The minimum absolute atomic E-state index is 0.164. The number of allylic oxidation sites excluding steroid dienone is 2. The molecule has 0 amide bonds. The number of hydrogen-bond acceptors (Lipinski definition) is 2. The lowest BCUT2D eigenvalue weighted by Crippen LogP contribution is -2.47. The van der Waals surface area contributed by atoms with Gasteiger partial charge < -0.3 is 5.11 Å². The van der Waals surface area contributed by atoms with Gasteiger partial charge in [0.2, 0.25) is 0 Å². The Balaban J connectivity index is 1.68. The van der Waals surface area contributed by atoms with E-state index in [1.54, 1.807) is 5.57 Å². The molecule has 0 bridgehead atoms. The molecule has 0 aliphatic heterocycles. The molecule has 2 fully saturated rings. The van der Waals surface area contributed by atoms with E-state index in [4.69, 9.17) is 0 Å². The van der Waals surface area contributed by atoms with Gasteiger partial charge in [-0.3, -0.25) is 4.79 Å². The fraction of sp³-hybridized carbons (Fsp3) is 0.828. The van der Waals surface area contributed by atoms with Crippen LogP contribution in [0.4, 0.5) is 0 Å². The number of Topliss-reactive ketones (excluding diaryl/α,β-unsaturated/α-hetero) is 1. The Hall–Kier alpha value is -0.890.